The molecule has 5 nitrogen and oxygen atoms in total. The molecule has 21 heavy (non-hydrogen) atoms. The summed E-state index contributed by atoms with van der Waals surface area (Å²) in [6.45, 7) is 1.85. The van der Waals surface area contributed by atoms with Crippen LogP contribution < -0.4 is 5.73 Å². The maximum atomic E-state index is 13.4. The molecule has 1 fully saturated rings. The highest BCUT2D eigenvalue weighted by Crippen LogP contribution is 2.36. The lowest BCUT2D eigenvalue weighted by atomic mass is 10.1. The Hall–Kier alpha value is -1.47. The highest BCUT2D eigenvalue weighted by atomic mass is 32.2. The van der Waals surface area contributed by atoms with Crippen LogP contribution in [0.4, 0.5) is 4.39 Å². The van der Waals surface area contributed by atoms with Crippen molar-refractivity contribution in [3.05, 3.63) is 29.6 Å². The highest BCUT2D eigenvalue weighted by molar-refractivity contribution is 7.99. The normalized spacial score (nSPS) is 17.3. The number of nitrogens with zero attached hydrogens (tertiary/aromatic N) is 4. The van der Waals surface area contributed by atoms with E-state index in [1.54, 1.807) is 6.07 Å². The van der Waals surface area contributed by atoms with E-state index in [2.05, 4.69) is 15.5 Å². The molecule has 0 radical (unpaired) electrons. The number of halogens is 1. The zero-order chi connectivity index (χ0) is 14.8. The lowest BCUT2D eigenvalue weighted by Gasteiger charge is -2.14. The second-order valence-electron chi connectivity index (χ2n) is 5.42. The van der Waals surface area contributed by atoms with Crippen LogP contribution in [0.3, 0.4) is 0 Å². The Morgan fingerprint density at radius 1 is 1.38 bits per heavy atom. The van der Waals surface area contributed by atoms with Crippen LogP contribution in [-0.2, 0) is 0 Å². The molecule has 112 valence electrons. The van der Waals surface area contributed by atoms with Crippen LogP contribution in [0.2, 0.25) is 0 Å². The van der Waals surface area contributed by atoms with Gasteiger partial charge in [-0.05, 0) is 65.7 Å². The molecule has 1 aliphatic carbocycles. The Kier molecular flexibility index (Phi) is 4.21. The van der Waals surface area contributed by atoms with Crippen molar-refractivity contribution in [2.75, 3.05) is 0 Å². The number of rotatable bonds is 4. The molecule has 2 N–H and O–H groups in total. The Labute approximate surface area is 127 Å². The van der Waals surface area contributed by atoms with Gasteiger partial charge >= 0.3 is 0 Å². The van der Waals surface area contributed by atoms with Gasteiger partial charge in [0.1, 0.15) is 5.82 Å². The molecular formula is C14H18FN5S. The summed E-state index contributed by atoms with van der Waals surface area (Å²) in [5.41, 5.74) is 6.71. The van der Waals surface area contributed by atoms with E-state index in [0.717, 1.165) is 28.5 Å². The Balaban J connectivity index is 1.89. The summed E-state index contributed by atoms with van der Waals surface area (Å²) in [6.07, 6.45) is 4.66. The van der Waals surface area contributed by atoms with E-state index in [4.69, 9.17) is 5.73 Å². The molecule has 1 atom stereocenters. The zero-order valence-corrected chi connectivity index (χ0v) is 12.7. The summed E-state index contributed by atoms with van der Waals surface area (Å²) >= 11 is 1.45. The van der Waals surface area contributed by atoms with Gasteiger partial charge in [0.25, 0.3) is 0 Å². The summed E-state index contributed by atoms with van der Waals surface area (Å²) in [4.78, 5) is 0.903. The topological polar surface area (TPSA) is 69.6 Å². The van der Waals surface area contributed by atoms with Gasteiger partial charge in [-0.3, -0.25) is 0 Å². The molecule has 0 spiro atoms. The number of aromatic nitrogens is 4. The van der Waals surface area contributed by atoms with Gasteiger partial charge in [-0.25, -0.2) is 9.07 Å². The van der Waals surface area contributed by atoms with E-state index in [9.17, 15) is 4.39 Å². The molecule has 0 saturated heterocycles. The first-order valence-electron chi connectivity index (χ1n) is 7.16. The average Bonchev–Trinajstić information content (AvgIpc) is 3.11. The minimum Gasteiger partial charge on any atom is -0.324 e. The second kappa shape index (κ2) is 6.11. The van der Waals surface area contributed by atoms with Crippen LogP contribution in [0.5, 0.6) is 0 Å². The van der Waals surface area contributed by atoms with Gasteiger partial charge in [-0.15, -0.1) is 5.10 Å². The molecule has 0 aliphatic heterocycles. The number of nitrogens with two attached hydrogens (primary N) is 1. The van der Waals surface area contributed by atoms with E-state index in [1.165, 1.54) is 36.7 Å². The van der Waals surface area contributed by atoms with Gasteiger partial charge in [0.05, 0.1) is 6.04 Å². The van der Waals surface area contributed by atoms with Crippen LogP contribution in [0.25, 0.3) is 0 Å². The lowest BCUT2D eigenvalue weighted by Crippen LogP contribution is -2.09. The van der Waals surface area contributed by atoms with Crippen LogP contribution in [-0.4, -0.2) is 20.2 Å². The monoisotopic (exact) mass is 307 g/mol. The zero-order valence-electron chi connectivity index (χ0n) is 11.9. The molecule has 1 saturated carbocycles. The van der Waals surface area contributed by atoms with E-state index in [0.29, 0.717) is 6.04 Å². The van der Waals surface area contributed by atoms with E-state index < -0.39 is 0 Å². The van der Waals surface area contributed by atoms with Crippen LogP contribution in [0.1, 0.15) is 50.3 Å². The van der Waals surface area contributed by atoms with Gasteiger partial charge in [-0.1, -0.05) is 12.8 Å². The Morgan fingerprint density at radius 3 is 2.86 bits per heavy atom. The lowest BCUT2D eigenvalue weighted by molar-refractivity contribution is 0.423. The standard InChI is InChI=1S/C14H18FN5S/c1-9(16)12-8-10(15)6-7-13(12)21-14-17-18-19-20(14)11-4-2-3-5-11/h6-9,11H,2-5,16H2,1H3/t9-/m0/s1. The van der Waals surface area contributed by atoms with Crippen molar-refractivity contribution >= 4 is 11.8 Å². The number of tetrazole rings is 1. The first-order chi connectivity index (χ1) is 10.1. The van der Waals surface area contributed by atoms with Gasteiger partial charge in [0, 0.05) is 10.9 Å². The van der Waals surface area contributed by atoms with Crippen molar-refractivity contribution in [3.8, 4) is 0 Å². The van der Waals surface area contributed by atoms with E-state index in [1.807, 2.05) is 11.6 Å². The largest absolute Gasteiger partial charge is 0.324 e. The molecule has 1 aromatic carbocycles. The molecule has 3 rings (SSSR count). The average molecular weight is 307 g/mol. The molecular weight excluding hydrogens is 289 g/mol. The van der Waals surface area contributed by atoms with Crippen molar-refractivity contribution < 1.29 is 4.39 Å². The third-order valence-electron chi connectivity index (χ3n) is 3.80. The number of hydrogen-bond donors (Lipinski definition) is 1. The third kappa shape index (κ3) is 3.08. The van der Waals surface area contributed by atoms with Gasteiger partial charge < -0.3 is 5.73 Å². The fourth-order valence-corrected chi connectivity index (χ4v) is 3.75. The SMILES string of the molecule is C[C@H](N)c1cc(F)ccc1Sc1nnnn1C1CCCC1. The summed E-state index contributed by atoms with van der Waals surface area (Å²) in [7, 11) is 0. The molecule has 0 amide bonds. The predicted molar refractivity (Wildman–Crippen MR) is 78.4 cm³/mol. The third-order valence-corrected chi connectivity index (χ3v) is 4.84. The van der Waals surface area contributed by atoms with E-state index in [-0.39, 0.29) is 11.9 Å². The first kappa shape index (κ1) is 14.5. The summed E-state index contributed by atoms with van der Waals surface area (Å²) in [6, 6.07) is 4.81. The van der Waals surface area contributed by atoms with Crippen molar-refractivity contribution in [1.82, 2.24) is 20.2 Å². The van der Waals surface area contributed by atoms with Gasteiger partial charge in [0.2, 0.25) is 5.16 Å². The second-order valence-corrected chi connectivity index (χ2v) is 6.43. The fourth-order valence-electron chi connectivity index (χ4n) is 2.70. The molecule has 1 aromatic heterocycles. The maximum Gasteiger partial charge on any atom is 0.214 e. The van der Waals surface area contributed by atoms with Crippen molar-refractivity contribution in [1.29, 1.82) is 0 Å². The number of benzene rings is 1. The van der Waals surface area contributed by atoms with Crippen molar-refractivity contribution in [2.24, 2.45) is 5.73 Å². The van der Waals surface area contributed by atoms with Crippen LogP contribution in [0.15, 0.2) is 28.3 Å². The van der Waals surface area contributed by atoms with Crippen molar-refractivity contribution in [3.63, 3.8) is 0 Å². The maximum absolute atomic E-state index is 13.4. The number of hydrogen-bond acceptors (Lipinski definition) is 5. The molecule has 2 aromatic rings. The molecule has 1 aliphatic rings. The fraction of sp³-hybridized carbons (Fsp3) is 0.500. The van der Waals surface area contributed by atoms with Gasteiger partial charge in [-0.2, -0.15) is 0 Å². The smallest absolute Gasteiger partial charge is 0.214 e. The van der Waals surface area contributed by atoms with Crippen molar-refractivity contribution in [2.45, 2.75) is 54.7 Å². The summed E-state index contributed by atoms with van der Waals surface area (Å²) in [5, 5.41) is 12.8. The van der Waals surface area contributed by atoms with Crippen LogP contribution in [0, 0.1) is 5.82 Å². The molecule has 0 unspecified atom stereocenters. The first-order valence-corrected chi connectivity index (χ1v) is 7.97. The minimum absolute atomic E-state index is 0.237. The molecule has 1 heterocycles. The predicted octanol–water partition coefficient (Wildman–Crippen LogP) is 3.10. The minimum atomic E-state index is -0.276. The summed E-state index contributed by atoms with van der Waals surface area (Å²) in [5.74, 6) is -0.276. The molecule has 0 bridgehead atoms. The van der Waals surface area contributed by atoms with E-state index >= 15 is 0 Å². The quantitative estimate of drug-likeness (QED) is 0.940. The summed E-state index contributed by atoms with van der Waals surface area (Å²) < 4.78 is 15.3. The molecule has 7 heteroatoms. The van der Waals surface area contributed by atoms with Crippen LogP contribution >= 0.6 is 11.8 Å². The Bertz CT molecular complexity index is 622. The van der Waals surface area contributed by atoms with Gasteiger partial charge in [0.15, 0.2) is 0 Å². The highest BCUT2D eigenvalue weighted by Gasteiger charge is 2.22. The Morgan fingerprint density at radius 2 is 2.14 bits per heavy atom.